The molecule has 0 atom stereocenters. The molecule has 0 saturated carbocycles. The first-order chi connectivity index (χ1) is 9.75. The lowest BCUT2D eigenvalue weighted by Gasteiger charge is -2.08. The Kier molecular flexibility index (Phi) is 6.19. The predicted molar refractivity (Wildman–Crippen MR) is 87.7 cm³/mol. The fourth-order valence-electron chi connectivity index (χ4n) is 1.88. The lowest BCUT2D eigenvalue weighted by Crippen LogP contribution is -2.17. The zero-order valence-corrected chi connectivity index (χ0v) is 12.7. The molecule has 0 aliphatic carbocycles. The number of hydrogen-bond acceptors (Lipinski definition) is 2. The molecule has 0 heterocycles. The van der Waals surface area contributed by atoms with E-state index in [9.17, 15) is 0 Å². The van der Waals surface area contributed by atoms with E-state index >= 15 is 0 Å². The van der Waals surface area contributed by atoms with E-state index in [2.05, 4.69) is 34.9 Å². The molecule has 0 amide bonds. The molecule has 2 rings (SSSR count). The molecule has 2 aromatic rings. The van der Waals surface area contributed by atoms with Gasteiger partial charge in [0.05, 0.1) is 10.0 Å². The maximum Gasteiger partial charge on any atom is 0.0612 e. The first-order valence-corrected chi connectivity index (χ1v) is 7.45. The Hall–Kier alpha value is -1.22. The van der Waals surface area contributed by atoms with Crippen LogP contribution in [0.25, 0.3) is 0 Å². The van der Waals surface area contributed by atoms with Crippen LogP contribution in [0.2, 0.25) is 10.0 Å². The Labute approximate surface area is 130 Å². The quantitative estimate of drug-likeness (QED) is 0.731. The standard InChI is InChI=1S/C16H18Cl2N2/c17-15-8-7-14(11-16(15)18)20-10-4-9-19-12-13-5-2-1-3-6-13/h1-3,5-8,11,19-20H,4,9-10,12H2. The Morgan fingerprint density at radius 1 is 0.850 bits per heavy atom. The third-order valence-corrected chi connectivity index (χ3v) is 3.69. The molecule has 0 saturated heterocycles. The first-order valence-electron chi connectivity index (χ1n) is 6.69. The van der Waals surface area contributed by atoms with Crippen molar-refractivity contribution < 1.29 is 0 Å². The highest BCUT2D eigenvalue weighted by atomic mass is 35.5. The average Bonchev–Trinajstić information content (AvgIpc) is 2.47. The first kappa shape index (κ1) is 15.2. The van der Waals surface area contributed by atoms with Gasteiger partial charge in [-0.25, -0.2) is 0 Å². The topological polar surface area (TPSA) is 24.1 Å². The van der Waals surface area contributed by atoms with E-state index in [0.717, 1.165) is 31.7 Å². The maximum absolute atomic E-state index is 5.96. The molecular weight excluding hydrogens is 291 g/mol. The van der Waals surface area contributed by atoms with Crippen LogP contribution in [-0.4, -0.2) is 13.1 Å². The molecule has 2 aromatic carbocycles. The molecule has 0 fully saturated rings. The fourth-order valence-corrected chi connectivity index (χ4v) is 2.18. The van der Waals surface area contributed by atoms with Gasteiger partial charge in [0.1, 0.15) is 0 Å². The smallest absolute Gasteiger partial charge is 0.0612 e. The summed E-state index contributed by atoms with van der Waals surface area (Å²) in [5.74, 6) is 0. The van der Waals surface area contributed by atoms with Crippen molar-refractivity contribution in [2.45, 2.75) is 13.0 Å². The Bertz CT molecular complexity index is 529. The van der Waals surface area contributed by atoms with Gasteiger partial charge >= 0.3 is 0 Å². The summed E-state index contributed by atoms with van der Waals surface area (Å²) in [7, 11) is 0. The minimum atomic E-state index is 0.582. The normalized spacial score (nSPS) is 10.5. The molecule has 0 aliphatic rings. The van der Waals surface area contributed by atoms with Crippen LogP contribution in [0.3, 0.4) is 0 Å². The van der Waals surface area contributed by atoms with Gasteiger partial charge in [0.25, 0.3) is 0 Å². The fraction of sp³-hybridized carbons (Fsp3) is 0.250. The summed E-state index contributed by atoms with van der Waals surface area (Å²) in [6.07, 6.45) is 1.05. The van der Waals surface area contributed by atoms with Gasteiger partial charge in [-0.1, -0.05) is 53.5 Å². The molecule has 0 spiro atoms. The van der Waals surface area contributed by atoms with E-state index in [-0.39, 0.29) is 0 Å². The summed E-state index contributed by atoms with van der Waals surface area (Å²) in [5.41, 5.74) is 2.31. The van der Waals surface area contributed by atoms with Gasteiger partial charge in [0.15, 0.2) is 0 Å². The van der Waals surface area contributed by atoms with Crippen molar-refractivity contribution in [3.05, 3.63) is 64.1 Å². The van der Waals surface area contributed by atoms with E-state index in [1.807, 2.05) is 18.2 Å². The number of halogens is 2. The van der Waals surface area contributed by atoms with E-state index in [1.54, 1.807) is 6.07 Å². The molecular formula is C16H18Cl2N2. The summed E-state index contributed by atoms with van der Waals surface area (Å²) in [6.45, 7) is 2.79. The van der Waals surface area contributed by atoms with Gasteiger partial charge in [0, 0.05) is 18.8 Å². The highest BCUT2D eigenvalue weighted by Crippen LogP contribution is 2.24. The van der Waals surface area contributed by atoms with Crippen LogP contribution in [0.15, 0.2) is 48.5 Å². The van der Waals surface area contributed by atoms with Crippen LogP contribution in [0, 0.1) is 0 Å². The molecule has 2 N–H and O–H groups in total. The minimum Gasteiger partial charge on any atom is -0.385 e. The van der Waals surface area contributed by atoms with Crippen LogP contribution in [0.5, 0.6) is 0 Å². The van der Waals surface area contributed by atoms with Gasteiger partial charge in [-0.2, -0.15) is 0 Å². The number of rotatable bonds is 7. The largest absolute Gasteiger partial charge is 0.385 e. The summed E-state index contributed by atoms with van der Waals surface area (Å²) in [4.78, 5) is 0. The Morgan fingerprint density at radius 3 is 2.40 bits per heavy atom. The van der Waals surface area contributed by atoms with Gasteiger partial charge in [-0.3, -0.25) is 0 Å². The van der Waals surface area contributed by atoms with Gasteiger partial charge in [0.2, 0.25) is 0 Å². The molecule has 2 nitrogen and oxygen atoms in total. The summed E-state index contributed by atoms with van der Waals surface area (Å²) < 4.78 is 0. The summed E-state index contributed by atoms with van der Waals surface area (Å²) >= 11 is 11.8. The van der Waals surface area contributed by atoms with Crippen LogP contribution in [-0.2, 0) is 6.54 Å². The Morgan fingerprint density at radius 2 is 1.65 bits per heavy atom. The average molecular weight is 309 g/mol. The molecule has 0 unspecified atom stereocenters. The number of anilines is 1. The molecule has 0 aromatic heterocycles. The van der Waals surface area contributed by atoms with Crippen molar-refractivity contribution in [2.75, 3.05) is 18.4 Å². The number of nitrogens with one attached hydrogen (secondary N) is 2. The molecule has 0 aliphatic heterocycles. The second-order valence-electron chi connectivity index (χ2n) is 4.57. The molecule has 106 valence electrons. The third-order valence-electron chi connectivity index (χ3n) is 2.95. The van der Waals surface area contributed by atoms with Crippen molar-refractivity contribution in [1.82, 2.24) is 5.32 Å². The second-order valence-corrected chi connectivity index (χ2v) is 5.39. The molecule has 20 heavy (non-hydrogen) atoms. The highest BCUT2D eigenvalue weighted by molar-refractivity contribution is 6.42. The van der Waals surface area contributed by atoms with Crippen molar-refractivity contribution in [3.63, 3.8) is 0 Å². The maximum atomic E-state index is 5.96. The number of benzene rings is 2. The van der Waals surface area contributed by atoms with E-state index in [4.69, 9.17) is 23.2 Å². The molecule has 4 heteroatoms. The predicted octanol–water partition coefficient (Wildman–Crippen LogP) is 4.59. The van der Waals surface area contributed by atoms with Crippen molar-refractivity contribution >= 4 is 28.9 Å². The summed E-state index contributed by atoms with van der Waals surface area (Å²) in [6, 6.07) is 16.0. The Balaban J connectivity index is 1.61. The van der Waals surface area contributed by atoms with Crippen molar-refractivity contribution in [3.8, 4) is 0 Å². The van der Waals surface area contributed by atoms with Gasteiger partial charge in [-0.15, -0.1) is 0 Å². The van der Waals surface area contributed by atoms with Crippen LogP contribution >= 0.6 is 23.2 Å². The monoisotopic (exact) mass is 308 g/mol. The second kappa shape index (κ2) is 8.15. The van der Waals surface area contributed by atoms with Crippen LogP contribution in [0.1, 0.15) is 12.0 Å². The third kappa shape index (κ3) is 5.04. The van der Waals surface area contributed by atoms with Crippen LogP contribution < -0.4 is 10.6 Å². The minimum absolute atomic E-state index is 0.582. The van der Waals surface area contributed by atoms with E-state index in [0.29, 0.717) is 10.0 Å². The van der Waals surface area contributed by atoms with E-state index < -0.39 is 0 Å². The zero-order chi connectivity index (χ0) is 14.2. The number of hydrogen-bond donors (Lipinski definition) is 2. The zero-order valence-electron chi connectivity index (χ0n) is 11.2. The van der Waals surface area contributed by atoms with Crippen molar-refractivity contribution in [2.24, 2.45) is 0 Å². The molecule has 0 bridgehead atoms. The SMILES string of the molecule is Clc1ccc(NCCCNCc2ccccc2)cc1Cl. The van der Waals surface area contributed by atoms with Gasteiger partial charge in [-0.05, 0) is 36.7 Å². The van der Waals surface area contributed by atoms with Crippen molar-refractivity contribution in [1.29, 1.82) is 0 Å². The lowest BCUT2D eigenvalue weighted by atomic mass is 10.2. The van der Waals surface area contributed by atoms with E-state index in [1.165, 1.54) is 5.56 Å². The lowest BCUT2D eigenvalue weighted by molar-refractivity contribution is 0.663. The molecule has 0 radical (unpaired) electrons. The highest BCUT2D eigenvalue weighted by Gasteiger charge is 1.98. The van der Waals surface area contributed by atoms with Gasteiger partial charge < -0.3 is 10.6 Å². The van der Waals surface area contributed by atoms with Crippen LogP contribution in [0.4, 0.5) is 5.69 Å². The summed E-state index contributed by atoms with van der Waals surface area (Å²) in [5, 5.41) is 7.92.